The summed E-state index contributed by atoms with van der Waals surface area (Å²) >= 11 is 0. The van der Waals surface area contributed by atoms with E-state index in [0.717, 1.165) is 13.5 Å². The summed E-state index contributed by atoms with van der Waals surface area (Å²) in [5, 5.41) is 21.1. The van der Waals surface area contributed by atoms with Gasteiger partial charge in [-0.3, -0.25) is 4.79 Å². The number of hydrogen-bond donors (Lipinski definition) is 1. The topological polar surface area (TPSA) is 109 Å². The van der Waals surface area contributed by atoms with Gasteiger partial charge in [-0.05, 0) is 13.8 Å². The number of aliphatic carboxylic acids is 2. The number of carbonyl (C=O) groups is 3. The minimum absolute atomic E-state index is 0.0862. The van der Waals surface area contributed by atoms with Crippen LogP contribution in [0.1, 0.15) is 20.8 Å². The van der Waals surface area contributed by atoms with Gasteiger partial charge in [-0.25, -0.2) is 4.59 Å². The second-order valence-corrected chi connectivity index (χ2v) is 6.88. The van der Waals surface area contributed by atoms with Gasteiger partial charge in [0, 0.05) is 12.5 Å². The van der Waals surface area contributed by atoms with Crippen molar-refractivity contribution in [3.05, 3.63) is 12.2 Å². The number of carboxylic acid groups (broad SMARTS) is 2. The van der Waals surface area contributed by atoms with E-state index >= 15 is 0 Å². The predicted molar refractivity (Wildman–Crippen MR) is 82.1 cm³/mol. The van der Waals surface area contributed by atoms with Crippen molar-refractivity contribution < 1.29 is 33.7 Å². The molecule has 0 aliphatic rings. The van der Waals surface area contributed by atoms with Crippen LogP contribution in [0.25, 0.3) is 0 Å². The molecule has 1 amide bonds. The largest absolute Gasteiger partial charge is 0.543 e. The summed E-state index contributed by atoms with van der Waals surface area (Å²) in [5.74, 6) is -3.37. The molecule has 0 spiro atoms. The summed E-state index contributed by atoms with van der Waals surface area (Å²) in [4.78, 5) is 32.2. The van der Waals surface area contributed by atoms with Crippen LogP contribution < -0.4 is 15.6 Å². The van der Waals surface area contributed by atoms with Crippen molar-refractivity contribution >= 4 is 17.8 Å². The van der Waals surface area contributed by atoms with Gasteiger partial charge in [-0.15, -0.1) is 0 Å². The molecule has 0 saturated carbocycles. The highest BCUT2D eigenvalue weighted by Crippen LogP contribution is 2.16. The van der Waals surface area contributed by atoms with Crippen molar-refractivity contribution in [1.29, 1.82) is 0 Å². The summed E-state index contributed by atoms with van der Waals surface area (Å²) in [6, 6.07) is 0. The van der Waals surface area contributed by atoms with E-state index in [2.05, 4.69) is 12.0 Å². The number of nitrogens with one attached hydrogen (secondary N) is 1. The average molecular weight is 331 g/mol. The number of amides is 1. The molecule has 0 aliphatic carbocycles. The Morgan fingerprint density at radius 2 is 1.39 bits per heavy atom. The lowest BCUT2D eigenvalue weighted by atomic mass is 9.99. The first-order valence-electron chi connectivity index (χ1n) is 7.08. The van der Waals surface area contributed by atoms with E-state index in [1.54, 1.807) is 6.92 Å². The molecular formula is C15H29N3O5. The first-order valence-corrected chi connectivity index (χ1v) is 7.08. The first kappa shape index (κ1) is 23.3. The molecule has 1 N–H and O–H groups in total. The summed E-state index contributed by atoms with van der Waals surface area (Å²) in [6.07, 6.45) is 0. The second kappa shape index (κ2) is 8.07. The van der Waals surface area contributed by atoms with Gasteiger partial charge in [0.05, 0.1) is 41.8 Å². The lowest BCUT2D eigenvalue weighted by Gasteiger charge is -2.44. The number of likely N-dealkylation sites (N-methyl/N-ethyl adjacent to an activating group) is 1. The SMILES string of the molecule is C=C(C)C(=O)N[N+](C)(C)CC.CC(C(=O)[O-])(C(=O)[O-])[N+](C)(C)C. The van der Waals surface area contributed by atoms with E-state index in [0.29, 0.717) is 10.2 Å². The number of carbonyl (C=O) groups excluding carboxylic acids is 3. The van der Waals surface area contributed by atoms with Crippen LogP contribution in [0.15, 0.2) is 12.2 Å². The number of nitrogens with zero attached hydrogens (tertiary/aromatic N) is 2. The number of hydrogen-bond acceptors (Lipinski definition) is 5. The van der Waals surface area contributed by atoms with E-state index in [1.807, 2.05) is 21.0 Å². The van der Waals surface area contributed by atoms with Crippen molar-refractivity contribution in [2.45, 2.75) is 26.3 Å². The maximum absolute atomic E-state index is 11.1. The minimum Gasteiger partial charge on any atom is -0.543 e. The molecule has 0 aromatic rings. The third-order valence-electron chi connectivity index (χ3n) is 3.72. The van der Waals surface area contributed by atoms with Gasteiger partial charge < -0.3 is 24.3 Å². The van der Waals surface area contributed by atoms with Gasteiger partial charge in [0.25, 0.3) is 5.91 Å². The van der Waals surface area contributed by atoms with Crippen molar-refractivity contribution in [2.24, 2.45) is 0 Å². The predicted octanol–water partition coefficient (Wildman–Crippen LogP) is -2.36. The molecule has 0 heterocycles. The Hall–Kier alpha value is -1.93. The third-order valence-corrected chi connectivity index (χ3v) is 3.72. The molecule has 0 aliphatic heterocycles. The van der Waals surface area contributed by atoms with Gasteiger partial charge in [0.15, 0.2) is 5.54 Å². The number of rotatable bonds is 6. The van der Waals surface area contributed by atoms with Gasteiger partial charge >= 0.3 is 0 Å². The Balaban J connectivity index is 0. The van der Waals surface area contributed by atoms with Crippen LogP contribution in [-0.4, -0.2) is 74.2 Å². The molecule has 0 radical (unpaired) electrons. The summed E-state index contributed by atoms with van der Waals surface area (Å²) in [7, 11) is 8.21. The zero-order chi connectivity index (χ0) is 19.2. The van der Waals surface area contributed by atoms with E-state index in [-0.39, 0.29) is 10.4 Å². The average Bonchev–Trinajstić information content (AvgIpc) is 2.35. The standard InChI is InChI=1S/C8H16N2O.C7H13NO4/c1-6-10(4,5)9-8(11)7(2)3;1-7(5(9)10,6(11)12)8(2,3)4/h2,6H2,1,3-5H3;1-4H3,(H-,9,10,11,12). The van der Waals surface area contributed by atoms with Crippen molar-refractivity contribution in [3.8, 4) is 0 Å². The van der Waals surface area contributed by atoms with Gasteiger partial charge in [0.1, 0.15) is 11.9 Å². The minimum atomic E-state index is -2.01. The maximum atomic E-state index is 11.1. The summed E-state index contributed by atoms with van der Waals surface area (Å²) in [6.45, 7) is 9.19. The summed E-state index contributed by atoms with van der Waals surface area (Å²) in [5.41, 5.74) is 1.34. The fourth-order valence-electron chi connectivity index (χ4n) is 1.08. The highest BCUT2D eigenvalue weighted by atomic mass is 16.4. The summed E-state index contributed by atoms with van der Waals surface area (Å²) < 4.78 is 0.212. The molecule has 0 unspecified atom stereocenters. The molecule has 8 nitrogen and oxygen atoms in total. The molecule has 0 rings (SSSR count). The Bertz CT molecular complexity index is 464. The van der Waals surface area contributed by atoms with Gasteiger partial charge in [0.2, 0.25) is 0 Å². The van der Waals surface area contributed by atoms with Crippen LogP contribution in [0.2, 0.25) is 0 Å². The fraction of sp³-hybridized carbons (Fsp3) is 0.667. The highest BCUT2D eigenvalue weighted by molar-refractivity contribution is 5.99. The lowest BCUT2D eigenvalue weighted by molar-refractivity contribution is -0.923. The van der Waals surface area contributed by atoms with Crippen molar-refractivity contribution in [3.63, 3.8) is 0 Å². The zero-order valence-electron chi connectivity index (χ0n) is 15.3. The zero-order valence-corrected chi connectivity index (χ0v) is 15.3. The van der Waals surface area contributed by atoms with Gasteiger partial charge in [-0.1, -0.05) is 6.58 Å². The van der Waals surface area contributed by atoms with Crippen LogP contribution >= 0.6 is 0 Å². The highest BCUT2D eigenvalue weighted by Gasteiger charge is 2.41. The van der Waals surface area contributed by atoms with Gasteiger partial charge in [-0.2, -0.15) is 5.43 Å². The molecule has 0 fully saturated rings. The van der Waals surface area contributed by atoms with Crippen molar-refractivity contribution in [1.82, 2.24) is 5.43 Å². The van der Waals surface area contributed by atoms with Crippen LogP contribution in [-0.2, 0) is 14.4 Å². The molecule has 0 aromatic heterocycles. The monoisotopic (exact) mass is 331 g/mol. The van der Waals surface area contributed by atoms with Crippen LogP contribution in [0.3, 0.4) is 0 Å². The molecular weight excluding hydrogens is 302 g/mol. The molecule has 0 atom stereocenters. The quantitative estimate of drug-likeness (QED) is 0.253. The Kier molecular flexibility index (Phi) is 8.19. The van der Waals surface area contributed by atoms with Crippen molar-refractivity contribution in [2.75, 3.05) is 41.8 Å². The molecule has 0 bridgehead atoms. The number of quaternary nitrogens is 2. The Morgan fingerprint density at radius 1 is 1.04 bits per heavy atom. The molecule has 23 heavy (non-hydrogen) atoms. The first-order chi connectivity index (χ1) is 10.0. The normalized spacial score (nSPS) is 11.8. The Labute approximate surface area is 138 Å². The fourth-order valence-corrected chi connectivity index (χ4v) is 1.08. The molecule has 8 heteroatoms. The van der Waals surface area contributed by atoms with Crippen LogP contribution in [0.4, 0.5) is 0 Å². The lowest BCUT2D eigenvalue weighted by Crippen LogP contribution is -2.71. The van der Waals surface area contributed by atoms with E-state index in [4.69, 9.17) is 0 Å². The van der Waals surface area contributed by atoms with Crippen LogP contribution in [0.5, 0.6) is 0 Å². The van der Waals surface area contributed by atoms with Crippen LogP contribution in [0, 0.1) is 0 Å². The smallest absolute Gasteiger partial charge is 0.290 e. The van der Waals surface area contributed by atoms with E-state index < -0.39 is 17.5 Å². The van der Waals surface area contributed by atoms with E-state index in [1.165, 1.54) is 21.1 Å². The maximum Gasteiger partial charge on any atom is 0.290 e. The van der Waals surface area contributed by atoms with E-state index in [9.17, 15) is 24.6 Å². The molecule has 134 valence electrons. The third kappa shape index (κ3) is 6.79. The molecule has 0 aromatic carbocycles. The second-order valence-electron chi connectivity index (χ2n) is 6.88. The Morgan fingerprint density at radius 3 is 1.52 bits per heavy atom. The number of carboxylic acids is 2. The molecule has 0 saturated heterocycles.